The van der Waals surface area contributed by atoms with E-state index in [9.17, 15) is 20.1 Å². The summed E-state index contributed by atoms with van der Waals surface area (Å²) in [6.45, 7) is 6.07. The lowest BCUT2D eigenvalue weighted by atomic mass is 9.58. The molecular weight excluding hydrogens is 488 g/mol. The average Bonchev–Trinajstić information content (AvgIpc) is 3.42. The number of hydrogen-bond acceptors (Lipinski definition) is 4. The Labute approximate surface area is 231 Å². The van der Waals surface area contributed by atoms with Crippen LogP contribution in [0.1, 0.15) is 75.3 Å². The number of hydrogen-bond donors (Lipinski definition) is 4. The molecule has 2 saturated carbocycles. The van der Waals surface area contributed by atoms with Crippen molar-refractivity contribution in [1.29, 1.82) is 0 Å². The maximum atomic E-state index is 14.1. The number of aliphatic hydroxyl groups is 3. The van der Waals surface area contributed by atoms with Gasteiger partial charge in [0.05, 0.1) is 31.3 Å². The minimum absolute atomic E-state index is 0.0500. The van der Waals surface area contributed by atoms with Crippen molar-refractivity contribution in [2.45, 2.75) is 89.2 Å². The number of benzene rings is 2. The maximum Gasteiger partial charge on any atom is 0.235 e. The third kappa shape index (κ3) is 4.32. The molecule has 6 heteroatoms. The number of carbonyl (C=O) groups is 1. The number of aromatic nitrogens is 1. The highest BCUT2D eigenvalue weighted by molar-refractivity contribution is 6.02. The number of rotatable bonds is 8. The van der Waals surface area contributed by atoms with Gasteiger partial charge in [0.2, 0.25) is 5.91 Å². The molecule has 4 unspecified atom stereocenters. The molecule has 208 valence electrons. The van der Waals surface area contributed by atoms with Crippen molar-refractivity contribution in [3.8, 4) is 0 Å². The van der Waals surface area contributed by atoms with Gasteiger partial charge < -0.3 is 25.2 Å². The first-order valence-corrected chi connectivity index (χ1v) is 14.6. The second-order valence-electron chi connectivity index (χ2n) is 13.3. The number of amides is 1. The Hall–Kier alpha value is -2.67. The summed E-state index contributed by atoms with van der Waals surface area (Å²) in [5.74, 6) is 0.469. The fourth-order valence-corrected chi connectivity index (χ4v) is 7.56. The van der Waals surface area contributed by atoms with Crippen molar-refractivity contribution >= 4 is 22.5 Å². The van der Waals surface area contributed by atoms with E-state index >= 15 is 0 Å². The molecule has 39 heavy (non-hydrogen) atoms. The zero-order valence-corrected chi connectivity index (χ0v) is 23.5. The summed E-state index contributed by atoms with van der Waals surface area (Å²) in [5.41, 5.74) is 5.86. The molecule has 2 aromatic carbocycles. The van der Waals surface area contributed by atoms with Crippen LogP contribution in [0.2, 0.25) is 0 Å². The van der Waals surface area contributed by atoms with Gasteiger partial charge in [-0.05, 0) is 90.8 Å². The zero-order valence-electron chi connectivity index (χ0n) is 23.5. The number of carbonyl (C=O) groups excluding carboxylic acids is 1. The largest absolute Gasteiger partial charge is 0.395 e. The van der Waals surface area contributed by atoms with Crippen LogP contribution < -0.4 is 5.32 Å². The minimum atomic E-state index is -0.902. The number of nitrogens with zero attached hydrogens (tertiary/aromatic N) is 1. The highest BCUT2D eigenvalue weighted by Gasteiger charge is 2.75. The Morgan fingerprint density at radius 1 is 1.08 bits per heavy atom. The van der Waals surface area contributed by atoms with E-state index in [1.807, 2.05) is 42.7 Å². The van der Waals surface area contributed by atoms with Crippen molar-refractivity contribution in [2.75, 3.05) is 18.5 Å². The normalized spacial score (nSPS) is 26.8. The third-order valence-corrected chi connectivity index (χ3v) is 10.00. The molecule has 0 saturated heterocycles. The second-order valence-corrected chi connectivity index (χ2v) is 13.3. The molecule has 1 heterocycles. The summed E-state index contributed by atoms with van der Waals surface area (Å²) < 4.78 is 1.97. The van der Waals surface area contributed by atoms with Crippen LogP contribution in [0.25, 0.3) is 10.9 Å². The van der Waals surface area contributed by atoms with Gasteiger partial charge in [0.1, 0.15) is 0 Å². The average molecular weight is 531 g/mol. The summed E-state index contributed by atoms with van der Waals surface area (Å²) in [6, 6.07) is 14.7. The molecule has 1 aromatic heterocycles. The van der Waals surface area contributed by atoms with Gasteiger partial charge in [0, 0.05) is 27.7 Å². The van der Waals surface area contributed by atoms with Crippen molar-refractivity contribution in [1.82, 2.24) is 4.57 Å². The number of nitrogens with one attached hydrogen (secondary N) is 1. The Bertz CT molecular complexity index is 1420. The van der Waals surface area contributed by atoms with Crippen molar-refractivity contribution in [3.63, 3.8) is 0 Å². The topological polar surface area (TPSA) is 94.7 Å². The molecular formula is C33H42N2O4. The smallest absolute Gasteiger partial charge is 0.235 e. The highest BCUT2D eigenvalue weighted by atomic mass is 16.3. The third-order valence-electron chi connectivity index (χ3n) is 10.00. The van der Waals surface area contributed by atoms with Crippen LogP contribution in [-0.2, 0) is 35.0 Å². The molecule has 0 aliphatic heterocycles. The lowest BCUT2D eigenvalue weighted by Gasteiger charge is -2.45. The molecule has 4 atom stereocenters. The van der Waals surface area contributed by atoms with Gasteiger partial charge in [-0.15, -0.1) is 0 Å². The molecule has 0 radical (unpaired) electrons. The first-order chi connectivity index (χ1) is 18.6. The molecule has 2 fully saturated rings. The molecule has 0 bridgehead atoms. The molecule has 1 amide bonds. The second kappa shape index (κ2) is 9.46. The van der Waals surface area contributed by atoms with Gasteiger partial charge in [-0.3, -0.25) is 4.79 Å². The monoisotopic (exact) mass is 530 g/mol. The molecule has 3 aliphatic rings. The summed E-state index contributed by atoms with van der Waals surface area (Å²) in [6.07, 6.45) is 7.08. The van der Waals surface area contributed by atoms with E-state index in [-0.39, 0.29) is 31.1 Å². The van der Waals surface area contributed by atoms with Crippen LogP contribution in [0.15, 0.2) is 42.5 Å². The molecule has 6 rings (SSSR count). The number of aliphatic hydroxyl groups excluding tert-OH is 3. The van der Waals surface area contributed by atoms with E-state index in [0.29, 0.717) is 5.92 Å². The van der Waals surface area contributed by atoms with Crippen LogP contribution in [0, 0.1) is 11.3 Å². The van der Waals surface area contributed by atoms with Gasteiger partial charge in [-0.25, -0.2) is 0 Å². The van der Waals surface area contributed by atoms with Crippen molar-refractivity contribution < 1.29 is 20.1 Å². The van der Waals surface area contributed by atoms with E-state index in [1.54, 1.807) is 0 Å². The van der Waals surface area contributed by atoms with Gasteiger partial charge in [0.25, 0.3) is 0 Å². The van der Waals surface area contributed by atoms with E-state index in [1.165, 1.54) is 36.0 Å². The molecule has 0 spiro atoms. The Kier molecular flexibility index (Phi) is 6.44. The quantitative estimate of drug-likeness (QED) is 0.314. The van der Waals surface area contributed by atoms with Crippen LogP contribution in [-0.4, -0.2) is 45.1 Å². The highest BCUT2D eigenvalue weighted by Crippen LogP contribution is 2.76. The van der Waals surface area contributed by atoms with Crippen molar-refractivity contribution in [2.24, 2.45) is 11.3 Å². The number of aryl methyl sites for hydroxylation is 2. The van der Waals surface area contributed by atoms with Crippen LogP contribution in [0.5, 0.6) is 0 Å². The van der Waals surface area contributed by atoms with E-state index in [4.69, 9.17) is 0 Å². The van der Waals surface area contributed by atoms with E-state index < -0.39 is 16.9 Å². The summed E-state index contributed by atoms with van der Waals surface area (Å²) >= 11 is 0. The van der Waals surface area contributed by atoms with E-state index in [2.05, 4.69) is 30.4 Å². The Morgan fingerprint density at radius 2 is 1.85 bits per heavy atom. The van der Waals surface area contributed by atoms with Gasteiger partial charge >= 0.3 is 0 Å². The molecule has 3 aliphatic carbocycles. The van der Waals surface area contributed by atoms with Crippen molar-refractivity contribution in [3.05, 3.63) is 64.8 Å². The molecule has 4 N–H and O–H groups in total. The fourth-order valence-electron chi connectivity index (χ4n) is 7.56. The lowest BCUT2D eigenvalue weighted by Crippen LogP contribution is -2.51. The predicted octanol–water partition coefficient (Wildman–Crippen LogP) is 4.84. The van der Waals surface area contributed by atoms with Gasteiger partial charge in [-0.1, -0.05) is 45.4 Å². The van der Waals surface area contributed by atoms with Gasteiger partial charge in [0.15, 0.2) is 0 Å². The summed E-state index contributed by atoms with van der Waals surface area (Å²) in [7, 11) is 0. The van der Waals surface area contributed by atoms with Crippen LogP contribution in [0.4, 0.5) is 5.69 Å². The maximum absolute atomic E-state index is 14.1. The first kappa shape index (κ1) is 26.5. The lowest BCUT2D eigenvalue weighted by molar-refractivity contribution is -0.126. The first-order valence-electron chi connectivity index (χ1n) is 14.6. The number of fused-ring (bicyclic) bond motifs is 3. The van der Waals surface area contributed by atoms with E-state index in [0.717, 1.165) is 48.0 Å². The zero-order chi connectivity index (χ0) is 27.6. The summed E-state index contributed by atoms with van der Waals surface area (Å²) in [4.78, 5) is 14.1. The predicted molar refractivity (Wildman–Crippen MR) is 154 cm³/mol. The van der Waals surface area contributed by atoms with Gasteiger partial charge in [-0.2, -0.15) is 0 Å². The molecule has 3 aromatic rings. The Balaban J connectivity index is 1.33. The SMILES string of the molecule is CC(C)(CO)c1cc2cc(NC(=O)C3(c4ccc5c(c4)CCCCC5)CC4(C)CC43)ccc2n1CC(O)CO. The standard InChI is InChI=1S/C33H42N2O4/c1-31(2,20-37)29-15-23-14-25(11-12-27(23)35(29)17-26(38)18-36)34-30(39)33(19-32(3)16-28(32)33)24-10-9-21-7-5-4-6-8-22(21)13-24/h9-15,26,28,36-38H,4-8,16-20H2,1-3H3,(H,34,39). The fraction of sp³-hybridized carbons (Fsp3) is 0.545. The van der Waals surface area contributed by atoms with Crippen LogP contribution in [0.3, 0.4) is 0 Å². The molecule has 6 nitrogen and oxygen atoms in total. The minimum Gasteiger partial charge on any atom is -0.395 e. The number of anilines is 1. The Morgan fingerprint density at radius 3 is 2.51 bits per heavy atom. The van der Waals surface area contributed by atoms with Crippen LogP contribution >= 0.6 is 0 Å². The summed E-state index contributed by atoms with van der Waals surface area (Å²) in [5, 5.41) is 33.9.